The fourth-order valence-corrected chi connectivity index (χ4v) is 2.49. The van der Waals surface area contributed by atoms with E-state index >= 15 is 0 Å². The van der Waals surface area contributed by atoms with Gasteiger partial charge in [0, 0.05) is 16.8 Å². The first-order valence-corrected chi connectivity index (χ1v) is 10.1. The van der Waals surface area contributed by atoms with Gasteiger partial charge in [-0.3, -0.25) is 14.4 Å². The number of aryl methyl sites for hydroxylation is 1. The molecule has 9 heteroatoms. The maximum atomic E-state index is 12.1. The number of anilines is 1. The normalized spacial score (nSPS) is 11.6. The Labute approximate surface area is 186 Å². The Balaban J connectivity index is 1.85. The van der Waals surface area contributed by atoms with E-state index in [9.17, 15) is 14.4 Å². The zero-order valence-corrected chi connectivity index (χ0v) is 18.3. The first-order valence-electron chi connectivity index (χ1n) is 9.71. The lowest BCUT2D eigenvalue weighted by Gasteiger charge is -2.09. The van der Waals surface area contributed by atoms with Gasteiger partial charge in [-0.2, -0.15) is 5.10 Å². The van der Waals surface area contributed by atoms with E-state index in [-0.39, 0.29) is 18.6 Å². The van der Waals surface area contributed by atoms with E-state index in [1.807, 2.05) is 19.9 Å². The zero-order chi connectivity index (χ0) is 22.8. The van der Waals surface area contributed by atoms with Gasteiger partial charge in [0.2, 0.25) is 0 Å². The second-order valence-electron chi connectivity index (χ2n) is 6.86. The number of carbonyl (C=O) groups is 3. The van der Waals surface area contributed by atoms with E-state index in [1.54, 1.807) is 43.3 Å². The summed E-state index contributed by atoms with van der Waals surface area (Å²) in [5.74, 6) is -1.48. The molecule has 8 nitrogen and oxygen atoms in total. The minimum absolute atomic E-state index is 0.101. The van der Waals surface area contributed by atoms with Crippen molar-refractivity contribution in [2.45, 2.75) is 33.2 Å². The predicted molar refractivity (Wildman–Crippen MR) is 120 cm³/mol. The summed E-state index contributed by atoms with van der Waals surface area (Å²) in [6.45, 7) is 5.38. The summed E-state index contributed by atoms with van der Waals surface area (Å²) in [4.78, 5) is 35.5. The van der Waals surface area contributed by atoms with Gasteiger partial charge in [-0.1, -0.05) is 36.7 Å². The van der Waals surface area contributed by atoms with Crippen LogP contribution in [0.4, 0.5) is 5.69 Å². The third kappa shape index (κ3) is 8.10. The molecule has 0 aliphatic rings. The summed E-state index contributed by atoms with van der Waals surface area (Å²) in [6, 6.07) is 11.9. The van der Waals surface area contributed by atoms with Crippen LogP contribution in [-0.2, 0) is 14.4 Å². The van der Waals surface area contributed by atoms with Crippen molar-refractivity contribution in [1.29, 1.82) is 0 Å². The number of rotatable bonds is 8. The van der Waals surface area contributed by atoms with Gasteiger partial charge in [0.15, 0.2) is 6.61 Å². The maximum absolute atomic E-state index is 12.1. The van der Waals surface area contributed by atoms with Gasteiger partial charge in [0.05, 0.1) is 6.21 Å². The van der Waals surface area contributed by atoms with E-state index in [4.69, 9.17) is 16.3 Å². The van der Waals surface area contributed by atoms with Crippen molar-refractivity contribution in [3.05, 3.63) is 58.6 Å². The third-order valence-corrected chi connectivity index (χ3v) is 4.67. The lowest BCUT2D eigenvalue weighted by molar-refractivity contribution is -0.139. The number of halogens is 1. The van der Waals surface area contributed by atoms with Gasteiger partial charge >= 0.3 is 11.8 Å². The average Bonchev–Trinajstić information content (AvgIpc) is 2.75. The quantitative estimate of drug-likeness (QED) is 0.330. The first kappa shape index (κ1) is 23.9. The number of ether oxygens (including phenoxy) is 1. The van der Waals surface area contributed by atoms with Gasteiger partial charge in [0.25, 0.3) is 5.91 Å². The van der Waals surface area contributed by atoms with E-state index < -0.39 is 11.8 Å². The van der Waals surface area contributed by atoms with Crippen LogP contribution in [0, 0.1) is 6.92 Å². The highest BCUT2D eigenvalue weighted by molar-refractivity contribution is 6.35. The van der Waals surface area contributed by atoms with Gasteiger partial charge in [-0.15, -0.1) is 0 Å². The first-order chi connectivity index (χ1) is 14.8. The number of nitrogens with zero attached hydrogens (tertiary/aromatic N) is 1. The number of hydrogen-bond donors (Lipinski definition) is 3. The van der Waals surface area contributed by atoms with E-state index in [0.29, 0.717) is 28.4 Å². The zero-order valence-electron chi connectivity index (χ0n) is 17.6. The molecule has 0 aliphatic heterocycles. The molecular formula is C22H25ClN4O4. The standard InChI is InChI=1S/C22H25ClN4O4/c1-4-15(3)25-21(29)22(30)27-24-12-16-6-5-7-18(10-16)31-13-20(28)26-17-9-8-14(2)19(23)11-17/h5-12,15H,4,13H2,1-3H3,(H,25,29)(H,26,28)(H,27,30)/b24-12-/t15-/m0/s1. The molecule has 3 N–H and O–H groups in total. The molecule has 0 heterocycles. The van der Waals surface area contributed by atoms with Gasteiger partial charge in [-0.25, -0.2) is 5.43 Å². The Morgan fingerprint density at radius 1 is 1.16 bits per heavy atom. The molecule has 0 spiro atoms. The van der Waals surface area contributed by atoms with Gasteiger partial charge in [-0.05, 0) is 55.7 Å². The fraction of sp³-hybridized carbons (Fsp3) is 0.273. The number of hydrazone groups is 1. The Bertz CT molecular complexity index is 978. The van der Waals surface area contributed by atoms with Crippen LogP contribution in [0.5, 0.6) is 5.75 Å². The summed E-state index contributed by atoms with van der Waals surface area (Å²) in [5.41, 5.74) is 4.29. The minimum atomic E-state index is -0.850. The molecule has 0 aromatic heterocycles. The largest absolute Gasteiger partial charge is 0.484 e. The van der Waals surface area contributed by atoms with Gasteiger partial charge in [0.1, 0.15) is 5.75 Å². The molecule has 0 saturated heterocycles. The van der Waals surface area contributed by atoms with Crippen molar-refractivity contribution >= 4 is 41.2 Å². The molecule has 31 heavy (non-hydrogen) atoms. The summed E-state index contributed by atoms with van der Waals surface area (Å²) in [6.07, 6.45) is 2.08. The smallest absolute Gasteiger partial charge is 0.329 e. The molecule has 2 rings (SSSR count). The molecule has 0 radical (unpaired) electrons. The Hall–Kier alpha value is -3.39. The lowest BCUT2D eigenvalue weighted by atomic mass is 10.2. The summed E-state index contributed by atoms with van der Waals surface area (Å²) in [7, 11) is 0. The Kier molecular flexibility index (Phi) is 9.02. The molecule has 0 fully saturated rings. The second kappa shape index (κ2) is 11.7. The molecule has 0 saturated carbocycles. The Morgan fingerprint density at radius 3 is 2.65 bits per heavy atom. The van der Waals surface area contributed by atoms with Crippen LogP contribution in [0.3, 0.4) is 0 Å². The SMILES string of the molecule is CC[C@H](C)NC(=O)C(=O)N/N=C\c1cccc(OCC(=O)Nc2ccc(C)c(Cl)c2)c1. The van der Waals surface area contributed by atoms with Crippen LogP contribution >= 0.6 is 11.6 Å². The van der Waals surface area contributed by atoms with Crippen molar-refractivity contribution in [1.82, 2.24) is 10.7 Å². The maximum Gasteiger partial charge on any atom is 0.329 e. The lowest BCUT2D eigenvalue weighted by Crippen LogP contribution is -2.41. The predicted octanol–water partition coefficient (Wildman–Crippen LogP) is 3.03. The van der Waals surface area contributed by atoms with Crippen LogP contribution in [0.1, 0.15) is 31.4 Å². The average molecular weight is 445 g/mol. The number of carbonyl (C=O) groups excluding carboxylic acids is 3. The monoisotopic (exact) mass is 444 g/mol. The van der Waals surface area contributed by atoms with Crippen LogP contribution in [-0.4, -0.2) is 36.6 Å². The summed E-state index contributed by atoms with van der Waals surface area (Å²) < 4.78 is 5.50. The van der Waals surface area contributed by atoms with Crippen molar-refractivity contribution < 1.29 is 19.1 Å². The minimum Gasteiger partial charge on any atom is -0.484 e. The van der Waals surface area contributed by atoms with Crippen molar-refractivity contribution in [3.8, 4) is 5.75 Å². The number of benzene rings is 2. The van der Waals surface area contributed by atoms with E-state index in [0.717, 1.165) is 5.56 Å². The van der Waals surface area contributed by atoms with E-state index in [1.165, 1.54) is 6.21 Å². The molecule has 0 aliphatic carbocycles. The molecule has 1 atom stereocenters. The molecule has 3 amide bonds. The Morgan fingerprint density at radius 2 is 1.94 bits per heavy atom. The second-order valence-corrected chi connectivity index (χ2v) is 7.26. The van der Waals surface area contributed by atoms with Gasteiger partial charge < -0.3 is 15.4 Å². The molecule has 0 unspecified atom stereocenters. The molecule has 0 bridgehead atoms. The van der Waals surface area contributed by atoms with Crippen molar-refractivity contribution in [2.24, 2.45) is 5.10 Å². The molecule has 2 aromatic carbocycles. The topological polar surface area (TPSA) is 109 Å². The van der Waals surface area contributed by atoms with Crippen LogP contribution in [0.2, 0.25) is 5.02 Å². The fourth-order valence-electron chi connectivity index (χ4n) is 2.31. The molecule has 164 valence electrons. The number of amides is 3. The highest BCUT2D eigenvalue weighted by Crippen LogP contribution is 2.20. The number of nitrogens with one attached hydrogen (secondary N) is 3. The third-order valence-electron chi connectivity index (χ3n) is 4.26. The highest BCUT2D eigenvalue weighted by Gasteiger charge is 2.14. The van der Waals surface area contributed by atoms with E-state index in [2.05, 4.69) is 21.2 Å². The van der Waals surface area contributed by atoms with Crippen LogP contribution in [0.25, 0.3) is 0 Å². The van der Waals surface area contributed by atoms with Crippen molar-refractivity contribution in [2.75, 3.05) is 11.9 Å². The van der Waals surface area contributed by atoms with Crippen LogP contribution in [0.15, 0.2) is 47.6 Å². The summed E-state index contributed by atoms with van der Waals surface area (Å²) >= 11 is 6.05. The van der Waals surface area contributed by atoms with Crippen molar-refractivity contribution in [3.63, 3.8) is 0 Å². The van der Waals surface area contributed by atoms with Crippen LogP contribution < -0.4 is 20.8 Å². The molecular weight excluding hydrogens is 420 g/mol. The number of hydrogen-bond acceptors (Lipinski definition) is 5. The summed E-state index contributed by atoms with van der Waals surface area (Å²) in [5, 5.41) is 9.59. The molecule has 2 aromatic rings. The highest BCUT2D eigenvalue weighted by atomic mass is 35.5.